The van der Waals surface area contributed by atoms with Gasteiger partial charge >= 0.3 is 6.09 Å². The monoisotopic (exact) mass is 603 g/mol. The van der Waals surface area contributed by atoms with Crippen molar-refractivity contribution in [3.63, 3.8) is 0 Å². The number of aromatic nitrogens is 4. The number of nitrogens with zero attached hydrogens (tertiary/aromatic N) is 6. The van der Waals surface area contributed by atoms with Gasteiger partial charge in [-0.15, -0.1) is 0 Å². The lowest BCUT2D eigenvalue weighted by atomic mass is 10.2. The lowest BCUT2D eigenvalue weighted by Crippen LogP contribution is -2.45. The van der Waals surface area contributed by atoms with Crippen LogP contribution in [0.3, 0.4) is 0 Å². The van der Waals surface area contributed by atoms with Crippen molar-refractivity contribution in [3.8, 4) is 11.8 Å². The fraction of sp³-hybridized carbons (Fsp3) is 0.419. The number of carbonyl (C=O) groups excluding carboxylic acids is 3. The van der Waals surface area contributed by atoms with E-state index in [0.29, 0.717) is 61.0 Å². The summed E-state index contributed by atoms with van der Waals surface area (Å²) in [4.78, 5) is 49.4. The molecule has 44 heavy (non-hydrogen) atoms. The number of carbonyl (C=O) groups is 3. The Labute approximate surface area is 258 Å². The molecular formula is C31H41N9O4. The Hall–Kier alpha value is -4.96. The van der Waals surface area contributed by atoms with Gasteiger partial charge in [0, 0.05) is 44.6 Å². The molecule has 2 heterocycles. The number of rotatable bonds is 13. The van der Waals surface area contributed by atoms with Gasteiger partial charge in [-0.05, 0) is 53.4 Å². The van der Waals surface area contributed by atoms with E-state index < -0.39 is 12.1 Å². The summed E-state index contributed by atoms with van der Waals surface area (Å²) in [5, 5.41) is 14.2. The molecule has 2 amide bonds. The Bertz CT molecular complexity index is 1540. The van der Waals surface area contributed by atoms with Crippen molar-refractivity contribution in [1.82, 2.24) is 34.9 Å². The topological polar surface area (TPSA) is 147 Å². The summed E-state index contributed by atoms with van der Waals surface area (Å²) in [6, 6.07) is 4.85. The zero-order valence-electron chi connectivity index (χ0n) is 26.2. The highest BCUT2D eigenvalue weighted by molar-refractivity contribution is 5.96. The molecule has 0 unspecified atom stereocenters. The molecular weight excluding hydrogens is 562 g/mol. The summed E-state index contributed by atoms with van der Waals surface area (Å²) < 4.78 is 6.29. The van der Waals surface area contributed by atoms with Gasteiger partial charge in [-0.2, -0.15) is 14.8 Å². The molecule has 0 saturated heterocycles. The molecule has 2 aromatic heterocycles. The Morgan fingerprint density at radius 1 is 1.16 bits per heavy atom. The minimum atomic E-state index is -0.592. The number of hydrogen-bond acceptors (Lipinski definition) is 10. The van der Waals surface area contributed by atoms with Gasteiger partial charge in [0.2, 0.25) is 17.8 Å². The highest BCUT2D eigenvalue weighted by Crippen LogP contribution is 2.26. The van der Waals surface area contributed by atoms with Crippen LogP contribution >= 0.6 is 0 Å². The molecule has 234 valence electrons. The molecule has 0 aliphatic rings. The first-order chi connectivity index (χ1) is 21.2. The van der Waals surface area contributed by atoms with E-state index in [4.69, 9.17) is 4.74 Å². The molecule has 0 aliphatic carbocycles. The van der Waals surface area contributed by atoms with E-state index in [1.807, 2.05) is 32.0 Å². The number of fused-ring (bicyclic) bond motifs is 1. The first-order valence-electron chi connectivity index (χ1n) is 14.5. The standard InChI is InChI=1S/C31H41N9O4/c1-7-32-28-23(14-10-9-11-18-33-29(42)22(3)39(6)27(41)17-13-19-38(4)5)20-34-30(37-28)36-25-15-12-16-26-24(25)21-35-40(26)31(43)44-8-2/h12-13,15-17,20-22H,7-9,11,18-19H2,1-6H3,(H,33,42)(H2,32,34,36,37)/b17-13+/t22-/m0/s1. The maximum Gasteiger partial charge on any atom is 0.435 e. The Morgan fingerprint density at radius 3 is 2.68 bits per heavy atom. The summed E-state index contributed by atoms with van der Waals surface area (Å²) in [5.74, 6) is 6.74. The van der Waals surface area contributed by atoms with E-state index in [0.717, 1.165) is 5.39 Å². The minimum absolute atomic E-state index is 0.218. The molecule has 3 rings (SSSR count). The fourth-order valence-electron chi connectivity index (χ4n) is 3.99. The fourth-order valence-corrected chi connectivity index (χ4v) is 3.99. The molecule has 3 N–H and O–H groups in total. The van der Waals surface area contributed by atoms with Crippen LogP contribution in [0.15, 0.2) is 42.7 Å². The number of anilines is 3. The van der Waals surface area contributed by atoms with Gasteiger partial charge in [-0.1, -0.05) is 24.0 Å². The van der Waals surface area contributed by atoms with Gasteiger partial charge in [-0.3, -0.25) is 9.59 Å². The van der Waals surface area contributed by atoms with Crippen molar-refractivity contribution in [2.24, 2.45) is 0 Å². The number of amides is 2. The van der Waals surface area contributed by atoms with E-state index in [1.54, 1.807) is 51.5 Å². The lowest BCUT2D eigenvalue weighted by molar-refractivity contribution is -0.135. The smallest absolute Gasteiger partial charge is 0.435 e. The zero-order chi connectivity index (χ0) is 32.1. The third-order valence-electron chi connectivity index (χ3n) is 6.47. The van der Waals surface area contributed by atoms with Crippen molar-refractivity contribution in [2.45, 2.75) is 39.7 Å². The van der Waals surface area contributed by atoms with E-state index in [1.165, 1.54) is 15.7 Å². The van der Waals surface area contributed by atoms with Crippen LogP contribution in [0.2, 0.25) is 0 Å². The highest BCUT2D eigenvalue weighted by Gasteiger charge is 2.20. The first kappa shape index (κ1) is 33.5. The van der Waals surface area contributed by atoms with Crippen LogP contribution in [-0.4, -0.2) is 101 Å². The summed E-state index contributed by atoms with van der Waals surface area (Å²) >= 11 is 0. The Kier molecular flexibility index (Phi) is 12.7. The highest BCUT2D eigenvalue weighted by atomic mass is 16.5. The molecule has 3 aromatic rings. The van der Waals surface area contributed by atoms with Gasteiger partial charge in [0.25, 0.3) is 0 Å². The van der Waals surface area contributed by atoms with Crippen molar-refractivity contribution in [1.29, 1.82) is 0 Å². The van der Waals surface area contributed by atoms with Crippen LogP contribution in [0.4, 0.5) is 22.2 Å². The van der Waals surface area contributed by atoms with Gasteiger partial charge in [0.15, 0.2) is 0 Å². The second-order valence-corrected chi connectivity index (χ2v) is 10.1. The molecule has 0 bridgehead atoms. The Morgan fingerprint density at radius 2 is 1.95 bits per heavy atom. The largest absolute Gasteiger partial charge is 0.448 e. The average molecular weight is 604 g/mol. The lowest BCUT2D eigenvalue weighted by Gasteiger charge is -2.23. The van der Waals surface area contributed by atoms with Crippen molar-refractivity contribution >= 4 is 46.3 Å². The molecule has 13 heteroatoms. The molecule has 13 nitrogen and oxygen atoms in total. The van der Waals surface area contributed by atoms with E-state index in [2.05, 4.69) is 42.9 Å². The van der Waals surface area contributed by atoms with Crippen molar-refractivity contribution in [2.75, 3.05) is 58.0 Å². The third kappa shape index (κ3) is 9.27. The second-order valence-electron chi connectivity index (χ2n) is 10.1. The van der Waals surface area contributed by atoms with Crippen LogP contribution in [-0.2, 0) is 14.3 Å². The second kappa shape index (κ2) is 16.6. The van der Waals surface area contributed by atoms with Gasteiger partial charge < -0.3 is 30.5 Å². The number of likely N-dealkylation sites (N-methyl/N-ethyl adjacent to an activating group) is 2. The van der Waals surface area contributed by atoms with Crippen LogP contribution in [0.25, 0.3) is 10.9 Å². The van der Waals surface area contributed by atoms with Crippen LogP contribution in [0.1, 0.15) is 39.2 Å². The quantitative estimate of drug-likeness (QED) is 0.151. The normalized spacial score (nSPS) is 11.6. The van der Waals surface area contributed by atoms with Crippen LogP contribution in [0.5, 0.6) is 0 Å². The molecule has 1 aromatic carbocycles. The number of benzene rings is 1. The van der Waals surface area contributed by atoms with Crippen LogP contribution in [0, 0.1) is 11.8 Å². The van der Waals surface area contributed by atoms with E-state index in [-0.39, 0.29) is 18.4 Å². The SMILES string of the molecule is CCNc1nc(Nc2cccc3c2cnn3C(=O)OCC)ncc1C#CCCCNC(=O)[C@H](C)N(C)C(=O)/C=C/CN(C)C. The minimum Gasteiger partial charge on any atom is -0.448 e. The maximum atomic E-state index is 12.5. The van der Waals surface area contributed by atoms with E-state index >= 15 is 0 Å². The summed E-state index contributed by atoms with van der Waals surface area (Å²) in [7, 11) is 5.45. The summed E-state index contributed by atoms with van der Waals surface area (Å²) in [6.45, 7) is 7.38. The average Bonchev–Trinajstić information content (AvgIpc) is 3.44. The van der Waals surface area contributed by atoms with Crippen molar-refractivity contribution < 1.29 is 19.1 Å². The van der Waals surface area contributed by atoms with Gasteiger partial charge in [0.05, 0.1) is 35.8 Å². The van der Waals surface area contributed by atoms with Crippen molar-refractivity contribution in [3.05, 3.63) is 48.3 Å². The summed E-state index contributed by atoms with van der Waals surface area (Å²) in [6.07, 6.45) is 7.13. The molecule has 0 spiro atoms. The zero-order valence-corrected chi connectivity index (χ0v) is 26.2. The van der Waals surface area contributed by atoms with E-state index in [9.17, 15) is 14.4 Å². The number of nitrogens with one attached hydrogen (secondary N) is 3. The Balaban J connectivity index is 1.57. The van der Waals surface area contributed by atoms with Crippen LogP contribution < -0.4 is 16.0 Å². The van der Waals surface area contributed by atoms with Gasteiger partial charge in [-0.25, -0.2) is 9.78 Å². The number of unbranched alkanes of at least 4 members (excludes halogenated alkanes) is 1. The molecule has 0 fully saturated rings. The van der Waals surface area contributed by atoms with Gasteiger partial charge in [0.1, 0.15) is 11.9 Å². The molecule has 0 radical (unpaired) electrons. The number of ether oxygens (including phenoxy) is 1. The number of hydrogen-bond donors (Lipinski definition) is 3. The predicted octanol–water partition coefficient (Wildman–Crippen LogP) is 3.22. The first-order valence-corrected chi connectivity index (χ1v) is 14.5. The molecule has 1 atom stereocenters. The maximum absolute atomic E-state index is 12.5. The summed E-state index contributed by atoms with van der Waals surface area (Å²) in [5.41, 5.74) is 1.93. The predicted molar refractivity (Wildman–Crippen MR) is 171 cm³/mol. The molecule has 0 saturated carbocycles. The molecule has 0 aliphatic heterocycles. The third-order valence-corrected chi connectivity index (χ3v) is 6.47.